The van der Waals surface area contributed by atoms with Crippen LogP contribution in [0.3, 0.4) is 0 Å². The quantitative estimate of drug-likeness (QED) is 0.625. The molecule has 0 radical (unpaired) electrons. The maximum absolute atomic E-state index is 3.70. The van der Waals surface area contributed by atoms with E-state index in [9.17, 15) is 0 Å². The molecule has 1 rings (SSSR count). The van der Waals surface area contributed by atoms with E-state index in [1.54, 1.807) is 0 Å². The Bertz CT molecular complexity index is 121. The van der Waals surface area contributed by atoms with Gasteiger partial charge in [-0.2, -0.15) is 0 Å². The fourth-order valence-corrected chi connectivity index (χ4v) is 2.23. The normalized spacial score (nSPS) is 19.3. The fraction of sp³-hybridized carbons (Fsp3) is 1.00. The van der Waals surface area contributed by atoms with Gasteiger partial charge in [-0.1, -0.05) is 46.0 Å². The van der Waals surface area contributed by atoms with Gasteiger partial charge >= 0.3 is 0 Å². The summed E-state index contributed by atoms with van der Waals surface area (Å²) in [7, 11) is 0. The summed E-state index contributed by atoms with van der Waals surface area (Å²) in [6, 6.07) is 0.820. The third-order valence-corrected chi connectivity index (χ3v) is 3.43. The van der Waals surface area contributed by atoms with Crippen molar-refractivity contribution in [3.63, 3.8) is 0 Å². The van der Waals surface area contributed by atoms with Crippen LogP contribution in [-0.2, 0) is 0 Å². The smallest absolute Gasteiger partial charge is 0.00696 e. The lowest BCUT2D eigenvalue weighted by molar-refractivity contribution is 0.252. The predicted octanol–water partition coefficient (Wildman–Crippen LogP) is 3.74. The van der Waals surface area contributed by atoms with E-state index >= 15 is 0 Å². The Morgan fingerprint density at radius 3 is 2.50 bits per heavy atom. The van der Waals surface area contributed by atoms with E-state index in [2.05, 4.69) is 19.2 Å². The van der Waals surface area contributed by atoms with Crippen LogP contribution in [0.2, 0.25) is 0 Å². The van der Waals surface area contributed by atoms with Gasteiger partial charge < -0.3 is 5.32 Å². The first-order valence-corrected chi connectivity index (χ1v) is 6.60. The molecule has 0 amide bonds. The molecule has 1 aliphatic carbocycles. The van der Waals surface area contributed by atoms with Crippen molar-refractivity contribution in [1.82, 2.24) is 5.32 Å². The van der Waals surface area contributed by atoms with Crippen LogP contribution >= 0.6 is 0 Å². The monoisotopic (exact) mass is 197 g/mol. The van der Waals surface area contributed by atoms with E-state index in [0.717, 1.165) is 12.0 Å². The zero-order valence-electron chi connectivity index (χ0n) is 10.0. The molecule has 0 bridgehead atoms. The number of rotatable bonds is 8. The largest absolute Gasteiger partial charge is 0.314 e. The Morgan fingerprint density at radius 1 is 1.21 bits per heavy atom. The van der Waals surface area contributed by atoms with Crippen molar-refractivity contribution in [3.8, 4) is 0 Å². The number of hydrogen-bond donors (Lipinski definition) is 1. The Hall–Kier alpha value is -0.0400. The lowest BCUT2D eigenvalue weighted by atomic mass is 9.80. The topological polar surface area (TPSA) is 12.0 Å². The molecular weight excluding hydrogens is 170 g/mol. The molecule has 1 N–H and O–H groups in total. The summed E-state index contributed by atoms with van der Waals surface area (Å²) in [6.07, 6.45) is 11.3. The van der Waals surface area contributed by atoms with Crippen LogP contribution in [0.5, 0.6) is 0 Å². The van der Waals surface area contributed by atoms with Gasteiger partial charge in [-0.15, -0.1) is 0 Å². The SMILES string of the molecule is CCCCC(CC1CCC1)NCCC. The van der Waals surface area contributed by atoms with Crippen molar-refractivity contribution in [2.75, 3.05) is 6.54 Å². The molecular formula is C13H27N. The Kier molecular flexibility index (Phi) is 6.25. The van der Waals surface area contributed by atoms with Gasteiger partial charge in [0.2, 0.25) is 0 Å². The Labute approximate surface area is 89.7 Å². The van der Waals surface area contributed by atoms with Gasteiger partial charge in [0.25, 0.3) is 0 Å². The maximum Gasteiger partial charge on any atom is 0.00696 e. The van der Waals surface area contributed by atoms with E-state index in [4.69, 9.17) is 0 Å². The van der Waals surface area contributed by atoms with Crippen molar-refractivity contribution >= 4 is 0 Å². The molecule has 14 heavy (non-hydrogen) atoms. The average molecular weight is 197 g/mol. The lowest BCUT2D eigenvalue weighted by Gasteiger charge is -2.30. The average Bonchev–Trinajstić information content (AvgIpc) is 2.14. The van der Waals surface area contributed by atoms with Crippen LogP contribution in [0.4, 0.5) is 0 Å². The summed E-state index contributed by atoms with van der Waals surface area (Å²) in [6.45, 7) is 5.76. The van der Waals surface area contributed by atoms with Gasteiger partial charge in [-0.05, 0) is 31.7 Å². The second-order valence-electron chi connectivity index (χ2n) is 4.83. The van der Waals surface area contributed by atoms with Crippen molar-refractivity contribution in [1.29, 1.82) is 0 Å². The van der Waals surface area contributed by atoms with Crippen LogP contribution < -0.4 is 5.32 Å². The second-order valence-corrected chi connectivity index (χ2v) is 4.83. The third-order valence-electron chi connectivity index (χ3n) is 3.43. The molecule has 1 nitrogen and oxygen atoms in total. The molecule has 1 atom stereocenters. The number of hydrogen-bond acceptors (Lipinski definition) is 1. The van der Waals surface area contributed by atoms with E-state index in [-0.39, 0.29) is 0 Å². The van der Waals surface area contributed by atoms with Crippen LogP contribution in [0.15, 0.2) is 0 Å². The van der Waals surface area contributed by atoms with Gasteiger partial charge in [0.05, 0.1) is 0 Å². The number of nitrogens with one attached hydrogen (secondary N) is 1. The summed E-state index contributed by atoms with van der Waals surface area (Å²) in [5.41, 5.74) is 0. The first-order chi connectivity index (χ1) is 6.86. The highest BCUT2D eigenvalue weighted by atomic mass is 14.9. The highest BCUT2D eigenvalue weighted by Gasteiger charge is 2.21. The van der Waals surface area contributed by atoms with Gasteiger partial charge in [0, 0.05) is 6.04 Å². The molecule has 1 heteroatoms. The second kappa shape index (κ2) is 7.28. The predicted molar refractivity (Wildman–Crippen MR) is 63.6 cm³/mol. The lowest BCUT2D eigenvalue weighted by Crippen LogP contribution is -2.33. The zero-order chi connectivity index (χ0) is 10.2. The maximum atomic E-state index is 3.70. The fourth-order valence-electron chi connectivity index (χ4n) is 2.23. The summed E-state index contributed by atoms with van der Waals surface area (Å²) in [5, 5.41) is 3.70. The minimum absolute atomic E-state index is 0.820. The molecule has 0 aliphatic heterocycles. The standard InChI is InChI=1S/C13H27N/c1-3-5-9-13(14-10-4-2)11-12-7-6-8-12/h12-14H,3-11H2,1-2H3. The molecule has 0 aromatic rings. The van der Waals surface area contributed by atoms with Gasteiger partial charge in [-0.3, -0.25) is 0 Å². The molecule has 0 heterocycles. The van der Waals surface area contributed by atoms with Crippen molar-refractivity contribution < 1.29 is 0 Å². The van der Waals surface area contributed by atoms with Crippen molar-refractivity contribution in [3.05, 3.63) is 0 Å². The minimum Gasteiger partial charge on any atom is -0.314 e. The molecule has 0 aromatic carbocycles. The van der Waals surface area contributed by atoms with Gasteiger partial charge in [0.1, 0.15) is 0 Å². The van der Waals surface area contributed by atoms with Crippen LogP contribution in [0, 0.1) is 5.92 Å². The van der Waals surface area contributed by atoms with Gasteiger partial charge in [0.15, 0.2) is 0 Å². The zero-order valence-corrected chi connectivity index (χ0v) is 10.0. The summed E-state index contributed by atoms with van der Waals surface area (Å²) >= 11 is 0. The van der Waals surface area contributed by atoms with Crippen LogP contribution in [0.25, 0.3) is 0 Å². The van der Waals surface area contributed by atoms with E-state index in [1.807, 2.05) is 0 Å². The van der Waals surface area contributed by atoms with Crippen molar-refractivity contribution in [2.24, 2.45) is 5.92 Å². The first-order valence-electron chi connectivity index (χ1n) is 6.60. The third kappa shape index (κ3) is 4.45. The molecule has 84 valence electrons. The molecule has 0 aromatic heterocycles. The Balaban J connectivity index is 2.12. The molecule has 0 spiro atoms. The number of unbranched alkanes of at least 4 members (excludes halogenated alkanes) is 1. The minimum atomic E-state index is 0.820. The van der Waals surface area contributed by atoms with Gasteiger partial charge in [-0.25, -0.2) is 0 Å². The molecule has 0 saturated heterocycles. The molecule has 1 aliphatic rings. The molecule has 1 saturated carbocycles. The van der Waals surface area contributed by atoms with Crippen LogP contribution in [0.1, 0.15) is 65.2 Å². The summed E-state index contributed by atoms with van der Waals surface area (Å²) in [4.78, 5) is 0. The first kappa shape index (κ1) is 12.0. The summed E-state index contributed by atoms with van der Waals surface area (Å²) in [5.74, 6) is 1.06. The molecule has 1 fully saturated rings. The Morgan fingerprint density at radius 2 is 2.00 bits per heavy atom. The van der Waals surface area contributed by atoms with E-state index in [0.29, 0.717) is 0 Å². The van der Waals surface area contributed by atoms with E-state index in [1.165, 1.54) is 57.9 Å². The summed E-state index contributed by atoms with van der Waals surface area (Å²) < 4.78 is 0. The molecule has 1 unspecified atom stereocenters. The highest BCUT2D eigenvalue weighted by Crippen LogP contribution is 2.31. The van der Waals surface area contributed by atoms with Crippen molar-refractivity contribution in [2.45, 2.75) is 71.3 Å². The highest BCUT2D eigenvalue weighted by molar-refractivity contribution is 4.77. The van der Waals surface area contributed by atoms with E-state index < -0.39 is 0 Å². The van der Waals surface area contributed by atoms with Crippen LogP contribution in [-0.4, -0.2) is 12.6 Å².